The first-order valence-electron chi connectivity index (χ1n) is 5.77. The minimum absolute atomic E-state index is 0.00481. The number of piperazine rings is 1. The minimum atomic E-state index is -2.99. The number of amides is 1. The third kappa shape index (κ3) is 2.78. The Labute approximate surface area is 102 Å². The molecule has 2 heterocycles. The topological polar surface area (TPSA) is 69.7 Å². The van der Waals surface area contributed by atoms with Gasteiger partial charge in [0.2, 0.25) is 5.91 Å². The summed E-state index contributed by atoms with van der Waals surface area (Å²) in [7, 11) is 0.886. The van der Waals surface area contributed by atoms with E-state index in [2.05, 4.69) is 5.32 Å². The molecule has 0 saturated carbocycles. The smallest absolute Gasteiger partial charge is 0.236 e. The third-order valence-electron chi connectivity index (χ3n) is 3.35. The van der Waals surface area contributed by atoms with Gasteiger partial charge in [0.15, 0.2) is 9.84 Å². The molecule has 2 fully saturated rings. The van der Waals surface area contributed by atoms with Gasteiger partial charge in [-0.15, -0.1) is 0 Å². The van der Waals surface area contributed by atoms with Crippen molar-refractivity contribution in [3.8, 4) is 0 Å². The lowest BCUT2D eigenvalue weighted by Gasteiger charge is -2.37. The van der Waals surface area contributed by atoms with Crippen molar-refractivity contribution in [2.45, 2.75) is 12.1 Å². The van der Waals surface area contributed by atoms with Crippen LogP contribution in [0, 0.1) is 0 Å². The number of hydrogen-bond acceptors (Lipinski definition) is 5. The van der Waals surface area contributed by atoms with Gasteiger partial charge in [0.1, 0.15) is 0 Å². The van der Waals surface area contributed by atoms with Crippen LogP contribution in [0.4, 0.5) is 0 Å². The normalized spacial score (nSPS) is 31.9. The maximum atomic E-state index is 11.8. The molecule has 7 heteroatoms. The molecule has 2 atom stereocenters. The molecule has 2 unspecified atom stereocenters. The van der Waals surface area contributed by atoms with Crippen LogP contribution in [0.15, 0.2) is 0 Å². The monoisotopic (exact) mass is 261 g/mol. The molecule has 98 valence electrons. The Morgan fingerprint density at radius 2 is 2.12 bits per heavy atom. The molecule has 0 radical (unpaired) electrons. The molecule has 6 nitrogen and oxygen atoms in total. The quantitative estimate of drug-likeness (QED) is 0.645. The second-order valence-corrected chi connectivity index (χ2v) is 7.18. The maximum Gasteiger partial charge on any atom is 0.236 e. The zero-order chi connectivity index (χ0) is 12.6. The van der Waals surface area contributed by atoms with Crippen molar-refractivity contribution in [1.29, 1.82) is 0 Å². The Morgan fingerprint density at radius 3 is 2.76 bits per heavy atom. The van der Waals surface area contributed by atoms with E-state index in [4.69, 9.17) is 0 Å². The molecule has 0 aromatic rings. The highest BCUT2D eigenvalue weighted by atomic mass is 32.2. The Balaban J connectivity index is 2.09. The molecule has 17 heavy (non-hydrogen) atoms. The van der Waals surface area contributed by atoms with Gasteiger partial charge in [-0.3, -0.25) is 4.79 Å². The van der Waals surface area contributed by atoms with Crippen molar-refractivity contribution in [2.24, 2.45) is 0 Å². The van der Waals surface area contributed by atoms with Crippen LogP contribution in [-0.4, -0.2) is 81.4 Å². The average Bonchev–Trinajstić information content (AvgIpc) is 2.51. The zero-order valence-electron chi connectivity index (χ0n) is 10.2. The number of likely N-dealkylation sites (N-methyl/N-ethyl adjacent to an activating group) is 1. The minimum Gasteiger partial charge on any atom is -0.335 e. The average molecular weight is 261 g/mol. The van der Waals surface area contributed by atoms with Gasteiger partial charge in [-0.2, -0.15) is 0 Å². The fourth-order valence-corrected chi connectivity index (χ4v) is 4.39. The number of fused-ring (bicyclic) bond motifs is 1. The van der Waals surface area contributed by atoms with Gasteiger partial charge in [0.05, 0.1) is 24.1 Å². The Morgan fingerprint density at radius 1 is 1.41 bits per heavy atom. The number of nitrogens with one attached hydrogen (secondary N) is 1. The lowest BCUT2D eigenvalue weighted by atomic mass is 10.1. The molecule has 1 N–H and O–H groups in total. The van der Waals surface area contributed by atoms with Crippen LogP contribution >= 0.6 is 0 Å². The van der Waals surface area contributed by atoms with Gasteiger partial charge in [0, 0.05) is 19.1 Å². The Kier molecular flexibility index (Phi) is 3.42. The van der Waals surface area contributed by atoms with Gasteiger partial charge in [0.25, 0.3) is 0 Å². The van der Waals surface area contributed by atoms with Gasteiger partial charge < -0.3 is 15.1 Å². The van der Waals surface area contributed by atoms with E-state index in [9.17, 15) is 13.2 Å². The van der Waals surface area contributed by atoms with E-state index in [1.165, 1.54) is 0 Å². The molecule has 2 aliphatic heterocycles. The molecule has 1 amide bonds. The summed E-state index contributed by atoms with van der Waals surface area (Å²) in [6.07, 6.45) is 0. The van der Waals surface area contributed by atoms with Crippen molar-refractivity contribution in [3.63, 3.8) is 0 Å². The second-order valence-electron chi connectivity index (χ2n) is 5.02. The lowest BCUT2D eigenvalue weighted by Crippen LogP contribution is -2.61. The SMILES string of the molecule is CN(C)CCN1C(=O)CNC2CS(=O)(=O)CC21. The molecule has 2 saturated heterocycles. The van der Waals surface area contributed by atoms with E-state index in [0.717, 1.165) is 6.54 Å². The molecule has 0 aliphatic carbocycles. The van der Waals surface area contributed by atoms with E-state index in [-0.39, 0.29) is 36.0 Å². The van der Waals surface area contributed by atoms with Crippen molar-refractivity contribution in [2.75, 3.05) is 45.2 Å². The first kappa shape index (κ1) is 12.8. The summed E-state index contributed by atoms with van der Waals surface area (Å²) in [5.74, 6) is 0.262. The number of rotatable bonds is 3. The van der Waals surface area contributed by atoms with Crippen molar-refractivity contribution >= 4 is 15.7 Å². The number of carbonyl (C=O) groups is 1. The largest absolute Gasteiger partial charge is 0.335 e. The van der Waals surface area contributed by atoms with E-state index in [1.54, 1.807) is 4.90 Å². The number of nitrogens with zero attached hydrogens (tertiary/aromatic N) is 2. The summed E-state index contributed by atoms with van der Waals surface area (Å²) in [6.45, 7) is 1.61. The van der Waals surface area contributed by atoms with E-state index in [0.29, 0.717) is 6.54 Å². The van der Waals surface area contributed by atoms with Gasteiger partial charge >= 0.3 is 0 Å². The van der Waals surface area contributed by atoms with Crippen LogP contribution in [0.5, 0.6) is 0 Å². The molecule has 0 spiro atoms. The third-order valence-corrected chi connectivity index (χ3v) is 5.06. The lowest BCUT2D eigenvalue weighted by molar-refractivity contribution is -0.135. The van der Waals surface area contributed by atoms with Crippen molar-refractivity contribution in [3.05, 3.63) is 0 Å². The molecule has 2 rings (SSSR count). The van der Waals surface area contributed by atoms with Crippen LogP contribution in [0.1, 0.15) is 0 Å². The Hall–Kier alpha value is -0.660. The first-order chi connectivity index (χ1) is 7.89. The predicted octanol–water partition coefficient (Wildman–Crippen LogP) is -1.85. The predicted molar refractivity (Wildman–Crippen MR) is 64.5 cm³/mol. The van der Waals surface area contributed by atoms with E-state index in [1.807, 2.05) is 19.0 Å². The summed E-state index contributed by atoms with van der Waals surface area (Å²) in [5.41, 5.74) is 0. The second kappa shape index (κ2) is 4.55. The molecule has 0 bridgehead atoms. The summed E-state index contributed by atoms with van der Waals surface area (Å²) in [6, 6.07) is -0.263. The van der Waals surface area contributed by atoms with Crippen LogP contribution in [-0.2, 0) is 14.6 Å². The number of carbonyl (C=O) groups excluding carboxylic acids is 1. The highest BCUT2D eigenvalue weighted by Crippen LogP contribution is 2.21. The highest BCUT2D eigenvalue weighted by molar-refractivity contribution is 7.91. The zero-order valence-corrected chi connectivity index (χ0v) is 11.0. The summed E-state index contributed by atoms with van der Waals surface area (Å²) in [5, 5.41) is 3.02. The molecule has 0 aromatic heterocycles. The molecular weight excluding hydrogens is 242 g/mol. The summed E-state index contributed by atoms with van der Waals surface area (Å²) < 4.78 is 23.2. The van der Waals surface area contributed by atoms with Crippen molar-refractivity contribution < 1.29 is 13.2 Å². The summed E-state index contributed by atoms with van der Waals surface area (Å²) >= 11 is 0. The van der Waals surface area contributed by atoms with Crippen LogP contribution in [0.3, 0.4) is 0 Å². The van der Waals surface area contributed by atoms with Gasteiger partial charge in [-0.1, -0.05) is 0 Å². The van der Waals surface area contributed by atoms with Crippen LogP contribution < -0.4 is 5.32 Å². The summed E-state index contributed by atoms with van der Waals surface area (Å²) in [4.78, 5) is 15.5. The van der Waals surface area contributed by atoms with Crippen LogP contribution in [0.2, 0.25) is 0 Å². The fourth-order valence-electron chi connectivity index (χ4n) is 2.43. The molecule has 2 aliphatic rings. The van der Waals surface area contributed by atoms with E-state index < -0.39 is 9.84 Å². The number of sulfone groups is 1. The van der Waals surface area contributed by atoms with Gasteiger partial charge in [-0.25, -0.2) is 8.42 Å². The molecular formula is C10H19N3O3S. The van der Waals surface area contributed by atoms with Crippen molar-refractivity contribution in [1.82, 2.24) is 15.1 Å². The standard InChI is InChI=1S/C10H19N3O3S/c1-12(2)3-4-13-9-7-17(15,16)6-8(9)11-5-10(13)14/h8-9,11H,3-7H2,1-2H3. The maximum absolute atomic E-state index is 11.8. The molecule has 0 aromatic carbocycles. The van der Waals surface area contributed by atoms with Gasteiger partial charge in [-0.05, 0) is 14.1 Å². The fraction of sp³-hybridized carbons (Fsp3) is 0.900. The number of hydrogen-bond donors (Lipinski definition) is 1. The van der Waals surface area contributed by atoms with Crippen LogP contribution in [0.25, 0.3) is 0 Å². The highest BCUT2D eigenvalue weighted by Gasteiger charge is 2.45. The van der Waals surface area contributed by atoms with E-state index >= 15 is 0 Å². The first-order valence-corrected chi connectivity index (χ1v) is 7.59. The Bertz CT molecular complexity index is 407.